The SMILES string of the molecule is Cc1ccc(Cl)cc1Nc1cc(C(F)(F)F)nc(NC(C)C)n1. The largest absolute Gasteiger partial charge is 0.433 e. The van der Waals surface area contributed by atoms with Crippen molar-refractivity contribution in [2.45, 2.75) is 33.0 Å². The van der Waals surface area contributed by atoms with Gasteiger partial charge in [-0.05, 0) is 38.5 Å². The first kappa shape index (κ1) is 17.3. The highest BCUT2D eigenvalue weighted by Gasteiger charge is 2.33. The van der Waals surface area contributed by atoms with Gasteiger partial charge in [0.25, 0.3) is 0 Å². The molecule has 1 aromatic carbocycles. The average Bonchev–Trinajstić information content (AvgIpc) is 2.41. The quantitative estimate of drug-likeness (QED) is 0.817. The van der Waals surface area contributed by atoms with Crippen LogP contribution >= 0.6 is 11.6 Å². The zero-order valence-corrected chi connectivity index (χ0v) is 13.5. The summed E-state index contributed by atoms with van der Waals surface area (Å²) in [5, 5.41) is 6.12. The summed E-state index contributed by atoms with van der Waals surface area (Å²) in [7, 11) is 0. The molecule has 1 heterocycles. The fourth-order valence-corrected chi connectivity index (χ4v) is 2.02. The van der Waals surface area contributed by atoms with E-state index in [0.717, 1.165) is 11.6 Å². The summed E-state index contributed by atoms with van der Waals surface area (Å²) in [5.74, 6) is -0.0437. The van der Waals surface area contributed by atoms with E-state index in [0.29, 0.717) is 10.7 Å². The number of anilines is 3. The molecule has 0 atom stereocenters. The standard InChI is InChI=1S/C15H16ClF3N4/c1-8(2)20-14-22-12(15(17,18)19)7-13(23-14)21-11-6-10(16)5-4-9(11)3/h4-8H,1-3H3,(H2,20,21,22,23). The molecule has 0 unspecified atom stereocenters. The number of nitrogens with zero attached hydrogens (tertiary/aromatic N) is 2. The maximum atomic E-state index is 13.0. The van der Waals surface area contributed by atoms with Crippen molar-refractivity contribution in [2.24, 2.45) is 0 Å². The summed E-state index contributed by atoms with van der Waals surface area (Å²) in [6.07, 6.45) is -4.56. The average molecular weight is 345 g/mol. The van der Waals surface area contributed by atoms with Crippen molar-refractivity contribution in [3.8, 4) is 0 Å². The molecule has 0 aliphatic rings. The molecule has 23 heavy (non-hydrogen) atoms. The van der Waals surface area contributed by atoms with Crippen LogP contribution in [0.25, 0.3) is 0 Å². The molecule has 2 rings (SSSR count). The maximum absolute atomic E-state index is 13.0. The van der Waals surface area contributed by atoms with Gasteiger partial charge in [0.1, 0.15) is 5.82 Å². The van der Waals surface area contributed by atoms with Crippen molar-refractivity contribution in [3.63, 3.8) is 0 Å². The van der Waals surface area contributed by atoms with Crippen LogP contribution in [0.5, 0.6) is 0 Å². The molecule has 0 amide bonds. The van der Waals surface area contributed by atoms with Crippen molar-refractivity contribution >= 4 is 29.1 Å². The third-order valence-corrected chi connectivity index (χ3v) is 3.13. The van der Waals surface area contributed by atoms with Gasteiger partial charge in [-0.3, -0.25) is 0 Å². The lowest BCUT2D eigenvalue weighted by Gasteiger charge is -2.15. The van der Waals surface area contributed by atoms with Crippen molar-refractivity contribution in [1.29, 1.82) is 0 Å². The molecule has 0 aliphatic carbocycles. The van der Waals surface area contributed by atoms with E-state index in [4.69, 9.17) is 11.6 Å². The first-order valence-electron chi connectivity index (χ1n) is 6.91. The molecular weight excluding hydrogens is 329 g/mol. The molecule has 4 nitrogen and oxygen atoms in total. The van der Waals surface area contributed by atoms with Crippen LogP contribution in [-0.4, -0.2) is 16.0 Å². The summed E-state index contributed by atoms with van der Waals surface area (Å²) >= 11 is 5.92. The number of aromatic nitrogens is 2. The number of hydrogen-bond donors (Lipinski definition) is 2. The van der Waals surface area contributed by atoms with Gasteiger partial charge in [0, 0.05) is 22.8 Å². The van der Waals surface area contributed by atoms with Crippen molar-refractivity contribution in [1.82, 2.24) is 9.97 Å². The van der Waals surface area contributed by atoms with Gasteiger partial charge < -0.3 is 10.6 Å². The minimum absolute atomic E-state index is 0.0424. The molecule has 0 saturated carbocycles. The highest BCUT2D eigenvalue weighted by molar-refractivity contribution is 6.30. The first-order chi connectivity index (χ1) is 10.6. The Morgan fingerprint density at radius 3 is 2.43 bits per heavy atom. The highest BCUT2D eigenvalue weighted by Crippen LogP contribution is 2.31. The number of benzene rings is 1. The summed E-state index contributed by atoms with van der Waals surface area (Å²) in [6.45, 7) is 5.40. The monoisotopic (exact) mass is 344 g/mol. The Hall–Kier alpha value is -2.02. The van der Waals surface area contributed by atoms with E-state index in [1.165, 1.54) is 0 Å². The fourth-order valence-electron chi connectivity index (χ4n) is 1.85. The molecule has 2 aromatic rings. The van der Waals surface area contributed by atoms with E-state index < -0.39 is 11.9 Å². The van der Waals surface area contributed by atoms with Crippen LogP contribution in [-0.2, 0) is 6.18 Å². The van der Waals surface area contributed by atoms with Crippen molar-refractivity contribution < 1.29 is 13.2 Å². The predicted octanol–water partition coefficient (Wildman–Crippen LogP) is 5.02. The first-order valence-corrected chi connectivity index (χ1v) is 7.29. The highest BCUT2D eigenvalue weighted by atomic mass is 35.5. The Kier molecular flexibility index (Phi) is 4.99. The Bertz CT molecular complexity index is 702. The van der Waals surface area contributed by atoms with E-state index in [2.05, 4.69) is 20.6 Å². The Labute approximate surface area is 137 Å². The smallest absolute Gasteiger partial charge is 0.352 e. The molecule has 0 fully saturated rings. The van der Waals surface area contributed by atoms with Crippen LogP contribution < -0.4 is 10.6 Å². The van der Waals surface area contributed by atoms with Crippen molar-refractivity contribution in [3.05, 3.63) is 40.5 Å². The van der Waals surface area contributed by atoms with Gasteiger partial charge in [-0.15, -0.1) is 0 Å². The normalized spacial score (nSPS) is 11.7. The maximum Gasteiger partial charge on any atom is 0.433 e. The van der Waals surface area contributed by atoms with Gasteiger partial charge in [-0.1, -0.05) is 17.7 Å². The Morgan fingerprint density at radius 2 is 1.83 bits per heavy atom. The van der Waals surface area contributed by atoms with E-state index in [9.17, 15) is 13.2 Å². The van der Waals surface area contributed by atoms with Crippen molar-refractivity contribution in [2.75, 3.05) is 10.6 Å². The van der Waals surface area contributed by atoms with Crippen LogP contribution in [0.2, 0.25) is 5.02 Å². The second kappa shape index (κ2) is 6.62. The van der Waals surface area contributed by atoms with Crippen LogP contribution in [0, 0.1) is 6.92 Å². The van der Waals surface area contributed by atoms with Gasteiger partial charge in [0.15, 0.2) is 5.69 Å². The molecule has 2 N–H and O–H groups in total. The number of hydrogen-bond acceptors (Lipinski definition) is 4. The molecular formula is C15H16ClF3N4. The van der Waals surface area contributed by atoms with Gasteiger partial charge in [-0.2, -0.15) is 18.2 Å². The number of rotatable bonds is 4. The topological polar surface area (TPSA) is 49.8 Å². The molecule has 0 spiro atoms. The van der Waals surface area contributed by atoms with Gasteiger partial charge in [0.2, 0.25) is 5.95 Å². The van der Waals surface area contributed by atoms with Crippen LogP contribution in [0.1, 0.15) is 25.1 Å². The zero-order valence-electron chi connectivity index (χ0n) is 12.8. The van der Waals surface area contributed by atoms with Gasteiger partial charge >= 0.3 is 6.18 Å². The second-order valence-corrected chi connectivity index (χ2v) is 5.78. The van der Waals surface area contributed by atoms with E-state index in [-0.39, 0.29) is 17.8 Å². The predicted molar refractivity (Wildman–Crippen MR) is 85.3 cm³/mol. The molecule has 8 heteroatoms. The lowest BCUT2D eigenvalue weighted by Crippen LogP contribution is -2.17. The lowest BCUT2D eigenvalue weighted by molar-refractivity contribution is -0.141. The minimum atomic E-state index is -4.56. The fraction of sp³-hybridized carbons (Fsp3) is 0.333. The van der Waals surface area contributed by atoms with Crippen LogP contribution in [0.15, 0.2) is 24.3 Å². The summed E-state index contributed by atoms with van der Waals surface area (Å²) in [5.41, 5.74) is 0.401. The summed E-state index contributed by atoms with van der Waals surface area (Å²) < 4.78 is 39.0. The van der Waals surface area contributed by atoms with E-state index >= 15 is 0 Å². The number of aryl methyl sites for hydroxylation is 1. The summed E-state index contributed by atoms with van der Waals surface area (Å²) in [6, 6.07) is 5.87. The van der Waals surface area contributed by atoms with Crippen LogP contribution in [0.4, 0.5) is 30.6 Å². The number of alkyl halides is 3. The molecule has 0 saturated heterocycles. The second-order valence-electron chi connectivity index (χ2n) is 5.34. The summed E-state index contributed by atoms with van der Waals surface area (Å²) in [4.78, 5) is 7.59. The molecule has 1 aromatic heterocycles. The third kappa shape index (κ3) is 4.72. The number of halogens is 4. The van der Waals surface area contributed by atoms with Crippen LogP contribution in [0.3, 0.4) is 0 Å². The molecule has 0 radical (unpaired) electrons. The van der Waals surface area contributed by atoms with Gasteiger partial charge in [0.05, 0.1) is 0 Å². The van der Waals surface area contributed by atoms with E-state index in [1.54, 1.807) is 32.0 Å². The molecule has 0 bridgehead atoms. The lowest BCUT2D eigenvalue weighted by atomic mass is 10.2. The Balaban J connectivity index is 2.42. The third-order valence-electron chi connectivity index (χ3n) is 2.90. The minimum Gasteiger partial charge on any atom is -0.352 e. The van der Waals surface area contributed by atoms with E-state index in [1.807, 2.05) is 6.92 Å². The number of nitrogens with one attached hydrogen (secondary N) is 2. The zero-order chi connectivity index (χ0) is 17.2. The molecule has 0 aliphatic heterocycles. The Morgan fingerprint density at radius 1 is 1.13 bits per heavy atom. The molecule has 124 valence electrons. The van der Waals surface area contributed by atoms with Gasteiger partial charge in [-0.25, -0.2) is 4.98 Å².